The summed E-state index contributed by atoms with van der Waals surface area (Å²) in [6.45, 7) is 6.64. The number of rotatable bonds is 3. The van der Waals surface area contributed by atoms with Crippen LogP contribution in [0.3, 0.4) is 0 Å². The molecule has 1 aromatic heterocycles. The van der Waals surface area contributed by atoms with Gasteiger partial charge in [-0.1, -0.05) is 45.0 Å². The van der Waals surface area contributed by atoms with Gasteiger partial charge in [0, 0.05) is 6.07 Å². The van der Waals surface area contributed by atoms with Crippen LogP contribution in [0.15, 0.2) is 41.2 Å². The van der Waals surface area contributed by atoms with Crippen LogP contribution in [0.25, 0.3) is 0 Å². The summed E-state index contributed by atoms with van der Waals surface area (Å²) in [5.41, 5.74) is 1.71. The molecular formula is C16H18N2O3. The Morgan fingerprint density at radius 1 is 1.14 bits per heavy atom. The van der Waals surface area contributed by atoms with Crippen LogP contribution in [-0.2, 0) is 12.0 Å². The summed E-state index contributed by atoms with van der Waals surface area (Å²) in [6.07, 6.45) is 0. The Morgan fingerprint density at radius 2 is 1.76 bits per heavy atom. The van der Waals surface area contributed by atoms with Gasteiger partial charge in [-0.2, -0.15) is 5.10 Å². The van der Waals surface area contributed by atoms with Crippen molar-refractivity contribution in [1.82, 2.24) is 9.78 Å². The fraction of sp³-hybridized carbons (Fsp3) is 0.312. The molecule has 110 valence electrons. The highest BCUT2D eigenvalue weighted by Gasteiger charge is 2.13. The van der Waals surface area contributed by atoms with Crippen LogP contribution in [0.5, 0.6) is 0 Å². The fourth-order valence-corrected chi connectivity index (χ4v) is 1.96. The third-order valence-electron chi connectivity index (χ3n) is 3.24. The lowest BCUT2D eigenvalue weighted by Gasteiger charge is -2.19. The van der Waals surface area contributed by atoms with Crippen molar-refractivity contribution in [2.24, 2.45) is 0 Å². The van der Waals surface area contributed by atoms with Gasteiger partial charge < -0.3 is 5.11 Å². The first-order chi connectivity index (χ1) is 9.77. The van der Waals surface area contributed by atoms with Gasteiger partial charge in [0.05, 0.1) is 6.54 Å². The minimum absolute atomic E-state index is 0.0663. The molecule has 0 saturated carbocycles. The first-order valence-corrected chi connectivity index (χ1v) is 6.68. The van der Waals surface area contributed by atoms with Gasteiger partial charge in [-0.05, 0) is 22.6 Å². The predicted octanol–water partition coefficient (Wildman–Crippen LogP) is 2.29. The van der Waals surface area contributed by atoms with Gasteiger partial charge in [0.15, 0.2) is 5.69 Å². The van der Waals surface area contributed by atoms with E-state index in [-0.39, 0.29) is 23.2 Å². The number of aromatic carboxylic acids is 1. The van der Waals surface area contributed by atoms with E-state index in [9.17, 15) is 9.59 Å². The quantitative estimate of drug-likeness (QED) is 0.939. The van der Waals surface area contributed by atoms with Gasteiger partial charge >= 0.3 is 5.97 Å². The van der Waals surface area contributed by atoms with E-state index in [2.05, 4.69) is 25.9 Å². The fourth-order valence-electron chi connectivity index (χ4n) is 1.96. The highest BCUT2D eigenvalue weighted by Crippen LogP contribution is 2.22. The van der Waals surface area contributed by atoms with Crippen molar-refractivity contribution in [2.75, 3.05) is 0 Å². The summed E-state index contributed by atoms with van der Waals surface area (Å²) >= 11 is 0. The standard InChI is InChI=1S/C16H18N2O3/c1-16(2,3)12-6-4-11(5-7-12)10-18-14(19)9-8-13(17-18)15(20)21/h4-9H,10H2,1-3H3,(H,20,21). The van der Waals surface area contributed by atoms with E-state index in [4.69, 9.17) is 5.11 Å². The summed E-state index contributed by atoms with van der Waals surface area (Å²) in [5, 5.41) is 12.8. The molecule has 5 nitrogen and oxygen atoms in total. The Labute approximate surface area is 122 Å². The van der Waals surface area contributed by atoms with Gasteiger partial charge in [-0.25, -0.2) is 9.48 Å². The van der Waals surface area contributed by atoms with Gasteiger partial charge in [0.2, 0.25) is 0 Å². The Bertz CT molecular complexity index is 710. The van der Waals surface area contributed by atoms with Crippen LogP contribution in [0, 0.1) is 0 Å². The van der Waals surface area contributed by atoms with E-state index in [0.29, 0.717) is 0 Å². The van der Waals surface area contributed by atoms with E-state index < -0.39 is 5.97 Å². The minimum atomic E-state index is -1.15. The molecule has 5 heteroatoms. The summed E-state index contributed by atoms with van der Waals surface area (Å²) in [7, 11) is 0. The van der Waals surface area contributed by atoms with Gasteiger partial charge in [-0.3, -0.25) is 4.79 Å². The number of carbonyl (C=O) groups is 1. The lowest BCUT2D eigenvalue weighted by molar-refractivity contribution is 0.0687. The van der Waals surface area contributed by atoms with Crippen molar-refractivity contribution in [3.05, 3.63) is 63.6 Å². The number of carboxylic acids is 1. The molecule has 2 rings (SSSR count). The average Bonchev–Trinajstić information content (AvgIpc) is 2.40. The van der Waals surface area contributed by atoms with Crippen molar-refractivity contribution >= 4 is 5.97 Å². The monoisotopic (exact) mass is 286 g/mol. The summed E-state index contributed by atoms with van der Waals surface area (Å²) in [5.74, 6) is -1.15. The summed E-state index contributed by atoms with van der Waals surface area (Å²) in [4.78, 5) is 22.6. The van der Waals surface area contributed by atoms with Crippen LogP contribution in [0.4, 0.5) is 0 Å². The maximum absolute atomic E-state index is 11.7. The second-order valence-electron chi connectivity index (χ2n) is 5.97. The predicted molar refractivity (Wildman–Crippen MR) is 79.7 cm³/mol. The molecule has 2 aromatic rings. The zero-order chi connectivity index (χ0) is 15.6. The number of hydrogen-bond acceptors (Lipinski definition) is 3. The van der Waals surface area contributed by atoms with E-state index >= 15 is 0 Å². The molecule has 0 saturated heterocycles. The molecule has 21 heavy (non-hydrogen) atoms. The second-order valence-corrected chi connectivity index (χ2v) is 5.97. The van der Waals surface area contributed by atoms with Crippen molar-refractivity contribution in [1.29, 1.82) is 0 Å². The summed E-state index contributed by atoms with van der Waals surface area (Å²) < 4.78 is 1.16. The second kappa shape index (κ2) is 5.52. The molecule has 0 aliphatic carbocycles. The third kappa shape index (κ3) is 3.56. The van der Waals surface area contributed by atoms with Crippen LogP contribution < -0.4 is 5.56 Å². The molecule has 0 bridgehead atoms. The average molecular weight is 286 g/mol. The Hall–Kier alpha value is -2.43. The van der Waals surface area contributed by atoms with Crippen LogP contribution in [-0.4, -0.2) is 20.9 Å². The number of hydrogen-bond donors (Lipinski definition) is 1. The topological polar surface area (TPSA) is 72.2 Å². The number of aromatic nitrogens is 2. The number of carboxylic acid groups (broad SMARTS) is 1. The third-order valence-corrected chi connectivity index (χ3v) is 3.24. The molecule has 0 aliphatic heterocycles. The molecule has 1 aromatic carbocycles. The SMILES string of the molecule is CC(C)(C)c1ccc(Cn2nc(C(=O)O)ccc2=O)cc1. The van der Waals surface area contributed by atoms with E-state index in [1.807, 2.05) is 24.3 Å². The minimum Gasteiger partial charge on any atom is -0.476 e. The Morgan fingerprint density at radius 3 is 2.29 bits per heavy atom. The van der Waals surface area contributed by atoms with Gasteiger partial charge in [0.25, 0.3) is 5.56 Å². The number of nitrogens with zero attached hydrogens (tertiary/aromatic N) is 2. The van der Waals surface area contributed by atoms with Gasteiger partial charge in [-0.15, -0.1) is 0 Å². The Balaban J connectivity index is 2.28. The molecule has 0 aliphatic rings. The first-order valence-electron chi connectivity index (χ1n) is 6.68. The molecule has 0 radical (unpaired) electrons. The van der Waals surface area contributed by atoms with Crippen LogP contribution in [0.2, 0.25) is 0 Å². The highest BCUT2D eigenvalue weighted by atomic mass is 16.4. The van der Waals surface area contributed by atoms with Crippen molar-refractivity contribution in [3.63, 3.8) is 0 Å². The molecule has 0 fully saturated rings. The molecular weight excluding hydrogens is 268 g/mol. The van der Waals surface area contributed by atoms with E-state index in [0.717, 1.165) is 10.2 Å². The van der Waals surface area contributed by atoms with Crippen molar-refractivity contribution in [3.8, 4) is 0 Å². The first kappa shape index (κ1) is 15.0. The van der Waals surface area contributed by atoms with Crippen molar-refractivity contribution in [2.45, 2.75) is 32.7 Å². The number of benzene rings is 1. The largest absolute Gasteiger partial charge is 0.476 e. The maximum atomic E-state index is 11.7. The lowest BCUT2D eigenvalue weighted by atomic mass is 9.87. The molecule has 0 unspecified atom stereocenters. The molecule has 0 spiro atoms. The molecule has 1 N–H and O–H groups in total. The normalized spacial score (nSPS) is 11.4. The smallest absolute Gasteiger partial charge is 0.356 e. The molecule has 0 atom stereocenters. The van der Waals surface area contributed by atoms with Crippen LogP contribution in [0.1, 0.15) is 42.4 Å². The molecule has 1 heterocycles. The van der Waals surface area contributed by atoms with Crippen LogP contribution >= 0.6 is 0 Å². The maximum Gasteiger partial charge on any atom is 0.356 e. The highest BCUT2D eigenvalue weighted by molar-refractivity contribution is 5.84. The van der Waals surface area contributed by atoms with E-state index in [1.165, 1.54) is 17.7 Å². The van der Waals surface area contributed by atoms with Crippen molar-refractivity contribution < 1.29 is 9.90 Å². The lowest BCUT2D eigenvalue weighted by Crippen LogP contribution is -2.24. The van der Waals surface area contributed by atoms with E-state index in [1.54, 1.807) is 0 Å². The van der Waals surface area contributed by atoms with Gasteiger partial charge in [0.1, 0.15) is 0 Å². The zero-order valence-corrected chi connectivity index (χ0v) is 12.3. The molecule has 0 amide bonds. The summed E-state index contributed by atoms with van der Waals surface area (Å²) in [6, 6.07) is 10.3. The Kier molecular flexibility index (Phi) is 3.93. The zero-order valence-electron chi connectivity index (χ0n) is 12.3.